The van der Waals surface area contributed by atoms with Crippen LogP contribution in [0.5, 0.6) is 5.75 Å². The zero-order chi connectivity index (χ0) is 14.0. The minimum Gasteiger partial charge on any atom is -0.481 e. The smallest absolute Gasteiger partial charge is 0.481 e. The molecule has 0 saturated heterocycles. The van der Waals surface area contributed by atoms with Crippen LogP contribution in [0, 0.1) is 0 Å². The monoisotopic (exact) mass is 270 g/mol. The highest BCUT2D eigenvalue weighted by atomic mass is 19.4. The first-order chi connectivity index (χ1) is 8.87. The molecular formula is C13H9F3O3. The van der Waals surface area contributed by atoms with Gasteiger partial charge in [0.1, 0.15) is 5.75 Å². The maximum atomic E-state index is 12.3. The van der Waals surface area contributed by atoms with Crippen molar-refractivity contribution in [3.05, 3.63) is 42.0 Å². The van der Waals surface area contributed by atoms with E-state index in [4.69, 9.17) is 5.11 Å². The van der Waals surface area contributed by atoms with Crippen molar-refractivity contribution in [3.63, 3.8) is 0 Å². The zero-order valence-corrected chi connectivity index (χ0v) is 9.57. The summed E-state index contributed by atoms with van der Waals surface area (Å²) in [5.41, 5.74) is 0.442. The van der Waals surface area contributed by atoms with E-state index in [0.717, 1.165) is 6.07 Å². The van der Waals surface area contributed by atoms with Crippen molar-refractivity contribution in [1.82, 2.24) is 0 Å². The number of alkyl halides is 3. The highest BCUT2D eigenvalue weighted by molar-refractivity contribution is 5.93. The summed E-state index contributed by atoms with van der Waals surface area (Å²) < 4.78 is 40.7. The molecule has 0 aliphatic heterocycles. The van der Waals surface area contributed by atoms with Crippen LogP contribution in [0.15, 0.2) is 36.4 Å². The fourth-order valence-electron chi connectivity index (χ4n) is 1.86. The highest BCUT2D eigenvalue weighted by Crippen LogP contribution is 2.32. The summed E-state index contributed by atoms with van der Waals surface area (Å²) in [4.78, 5) is 10.7. The standard InChI is InChI=1S/C13H9F3O3/c14-13(15,16)19-11-6-5-8(7-12(17)18)9-3-1-2-4-10(9)11/h1-6H,7H2,(H,17,18). The van der Waals surface area contributed by atoms with Gasteiger partial charge in [0.25, 0.3) is 0 Å². The first-order valence-corrected chi connectivity index (χ1v) is 5.35. The summed E-state index contributed by atoms with van der Waals surface area (Å²) >= 11 is 0. The molecule has 0 amide bonds. The summed E-state index contributed by atoms with van der Waals surface area (Å²) in [6.45, 7) is 0. The predicted octanol–water partition coefficient (Wildman–Crippen LogP) is 3.37. The predicted molar refractivity (Wildman–Crippen MR) is 62.0 cm³/mol. The minimum absolute atomic E-state index is 0.235. The lowest BCUT2D eigenvalue weighted by molar-refractivity contribution is -0.274. The fraction of sp³-hybridized carbons (Fsp3) is 0.154. The molecule has 0 heterocycles. The number of hydrogen-bond acceptors (Lipinski definition) is 2. The molecule has 0 aliphatic carbocycles. The summed E-state index contributed by atoms with van der Waals surface area (Å²) in [6.07, 6.45) is -5.04. The molecule has 0 aromatic heterocycles. The van der Waals surface area contributed by atoms with Crippen LogP contribution in [-0.2, 0) is 11.2 Å². The van der Waals surface area contributed by atoms with Gasteiger partial charge in [-0.15, -0.1) is 13.2 Å². The third-order valence-corrected chi connectivity index (χ3v) is 2.54. The van der Waals surface area contributed by atoms with Crippen LogP contribution in [-0.4, -0.2) is 17.4 Å². The van der Waals surface area contributed by atoms with Gasteiger partial charge in [-0.2, -0.15) is 0 Å². The molecule has 0 spiro atoms. The number of hydrogen-bond donors (Lipinski definition) is 1. The Morgan fingerprint density at radius 1 is 1.11 bits per heavy atom. The largest absolute Gasteiger partial charge is 0.573 e. The van der Waals surface area contributed by atoms with Crippen molar-refractivity contribution in [1.29, 1.82) is 0 Å². The Labute approximate surface area is 106 Å². The number of carboxylic acid groups (broad SMARTS) is 1. The van der Waals surface area contributed by atoms with E-state index in [9.17, 15) is 18.0 Å². The van der Waals surface area contributed by atoms with Crippen LogP contribution in [0.2, 0.25) is 0 Å². The van der Waals surface area contributed by atoms with Crippen molar-refractivity contribution in [2.24, 2.45) is 0 Å². The van der Waals surface area contributed by atoms with Crippen molar-refractivity contribution in [3.8, 4) is 5.75 Å². The maximum Gasteiger partial charge on any atom is 0.573 e. The van der Waals surface area contributed by atoms with Crippen LogP contribution >= 0.6 is 0 Å². The first-order valence-electron chi connectivity index (χ1n) is 5.35. The van der Waals surface area contributed by atoms with E-state index in [0.29, 0.717) is 10.9 Å². The number of aliphatic carboxylic acids is 1. The number of rotatable bonds is 3. The molecule has 0 atom stereocenters. The Morgan fingerprint density at radius 2 is 1.74 bits per heavy atom. The number of carboxylic acids is 1. The van der Waals surface area contributed by atoms with E-state index in [1.807, 2.05) is 0 Å². The number of carbonyl (C=O) groups is 1. The number of benzene rings is 2. The molecule has 6 heteroatoms. The highest BCUT2D eigenvalue weighted by Gasteiger charge is 2.31. The summed E-state index contributed by atoms with van der Waals surface area (Å²) in [5.74, 6) is -1.38. The van der Waals surface area contributed by atoms with Crippen molar-refractivity contribution >= 4 is 16.7 Å². The average molecular weight is 270 g/mol. The molecule has 1 N–H and O–H groups in total. The molecule has 0 unspecified atom stereocenters. The molecule has 0 aliphatic rings. The van der Waals surface area contributed by atoms with Crippen LogP contribution in [0.1, 0.15) is 5.56 Å². The Hall–Kier alpha value is -2.24. The van der Waals surface area contributed by atoms with Gasteiger partial charge in [-0.1, -0.05) is 30.3 Å². The van der Waals surface area contributed by atoms with Crippen LogP contribution in [0.4, 0.5) is 13.2 Å². The van der Waals surface area contributed by atoms with E-state index >= 15 is 0 Å². The third-order valence-electron chi connectivity index (χ3n) is 2.54. The van der Waals surface area contributed by atoms with Gasteiger partial charge in [-0.05, 0) is 17.0 Å². The molecule has 0 fully saturated rings. The van der Waals surface area contributed by atoms with Crippen molar-refractivity contribution < 1.29 is 27.8 Å². The minimum atomic E-state index is -4.78. The lowest BCUT2D eigenvalue weighted by Crippen LogP contribution is -2.17. The zero-order valence-electron chi connectivity index (χ0n) is 9.57. The van der Waals surface area contributed by atoms with E-state index < -0.39 is 12.3 Å². The first kappa shape index (κ1) is 13.2. The van der Waals surface area contributed by atoms with Gasteiger partial charge >= 0.3 is 12.3 Å². The summed E-state index contributed by atoms with van der Waals surface area (Å²) in [7, 11) is 0. The van der Waals surface area contributed by atoms with Crippen LogP contribution < -0.4 is 4.74 Å². The second-order valence-electron chi connectivity index (χ2n) is 3.89. The van der Waals surface area contributed by atoms with E-state index in [1.54, 1.807) is 18.2 Å². The van der Waals surface area contributed by atoms with Crippen molar-refractivity contribution in [2.45, 2.75) is 12.8 Å². The SMILES string of the molecule is O=C(O)Cc1ccc(OC(F)(F)F)c2ccccc12. The molecule has 2 aromatic rings. The van der Waals surface area contributed by atoms with Gasteiger partial charge in [0.2, 0.25) is 0 Å². The fourth-order valence-corrected chi connectivity index (χ4v) is 1.86. The van der Waals surface area contributed by atoms with E-state index in [2.05, 4.69) is 4.74 Å². The molecule has 2 aromatic carbocycles. The topological polar surface area (TPSA) is 46.5 Å². The third kappa shape index (κ3) is 3.15. The summed E-state index contributed by atoms with van der Waals surface area (Å²) in [5, 5.41) is 9.44. The Morgan fingerprint density at radius 3 is 2.32 bits per heavy atom. The molecule has 0 saturated carbocycles. The Bertz CT molecular complexity index is 620. The number of fused-ring (bicyclic) bond motifs is 1. The Balaban J connectivity index is 2.55. The second kappa shape index (κ2) is 4.79. The molecule has 3 nitrogen and oxygen atoms in total. The number of halogens is 3. The molecule has 0 bridgehead atoms. The van der Waals surface area contributed by atoms with Gasteiger partial charge in [-0.25, -0.2) is 0 Å². The lowest BCUT2D eigenvalue weighted by atomic mass is 10.0. The lowest BCUT2D eigenvalue weighted by Gasteiger charge is -2.13. The van der Waals surface area contributed by atoms with E-state index in [1.165, 1.54) is 12.1 Å². The molecule has 19 heavy (non-hydrogen) atoms. The summed E-state index contributed by atoms with van der Waals surface area (Å²) in [6, 6.07) is 8.69. The normalized spacial score (nSPS) is 11.5. The van der Waals surface area contributed by atoms with Gasteiger partial charge in [0, 0.05) is 5.39 Å². The molecule has 2 rings (SSSR count). The Kier molecular flexibility index (Phi) is 3.33. The maximum absolute atomic E-state index is 12.3. The van der Waals surface area contributed by atoms with Gasteiger partial charge in [0.05, 0.1) is 6.42 Å². The quantitative estimate of drug-likeness (QED) is 0.930. The van der Waals surface area contributed by atoms with Gasteiger partial charge < -0.3 is 9.84 Å². The second-order valence-corrected chi connectivity index (χ2v) is 3.89. The van der Waals surface area contributed by atoms with Gasteiger partial charge in [0.15, 0.2) is 0 Å². The molecule has 100 valence electrons. The molecule has 0 radical (unpaired) electrons. The van der Waals surface area contributed by atoms with E-state index in [-0.39, 0.29) is 17.6 Å². The van der Waals surface area contributed by atoms with Crippen LogP contribution in [0.25, 0.3) is 10.8 Å². The molecular weight excluding hydrogens is 261 g/mol. The van der Waals surface area contributed by atoms with Gasteiger partial charge in [-0.3, -0.25) is 4.79 Å². The number of ether oxygens (including phenoxy) is 1. The average Bonchev–Trinajstić information content (AvgIpc) is 2.30. The van der Waals surface area contributed by atoms with Crippen molar-refractivity contribution in [2.75, 3.05) is 0 Å². The van der Waals surface area contributed by atoms with Crippen LogP contribution in [0.3, 0.4) is 0 Å².